The molecule has 1 atom stereocenters. The van der Waals surface area contributed by atoms with Crippen molar-refractivity contribution in [3.63, 3.8) is 0 Å². The van der Waals surface area contributed by atoms with Crippen molar-refractivity contribution in [1.29, 1.82) is 0 Å². The predicted octanol–water partition coefficient (Wildman–Crippen LogP) is 2.62. The summed E-state index contributed by atoms with van der Waals surface area (Å²) in [5, 5.41) is 0. The number of hydrogen-bond acceptors (Lipinski definition) is 4. The Morgan fingerprint density at radius 1 is 1.28 bits per heavy atom. The van der Waals surface area contributed by atoms with Crippen molar-refractivity contribution in [2.75, 3.05) is 6.61 Å². The fraction of sp³-hybridized carbons (Fsp3) is 0.714. The molecule has 0 saturated heterocycles. The van der Waals surface area contributed by atoms with Gasteiger partial charge < -0.3 is 9.47 Å². The molecule has 0 aromatic rings. The maximum absolute atomic E-state index is 11.1. The number of carbonyl (C=O) groups excluding carboxylic acids is 2. The summed E-state index contributed by atoms with van der Waals surface area (Å²) in [6.07, 6.45) is 1.55. The highest BCUT2D eigenvalue weighted by molar-refractivity contribution is 5.67. The van der Waals surface area contributed by atoms with E-state index in [9.17, 15) is 9.59 Å². The molecule has 1 aliphatic rings. The van der Waals surface area contributed by atoms with Crippen molar-refractivity contribution in [3.05, 3.63) is 11.1 Å². The molecule has 0 unspecified atom stereocenters. The van der Waals surface area contributed by atoms with Crippen LogP contribution in [0.3, 0.4) is 0 Å². The summed E-state index contributed by atoms with van der Waals surface area (Å²) in [6.45, 7) is 9.21. The third-order valence-corrected chi connectivity index (χ3v) is 3.61. The van der Waals surface area contributed by atoms with Crippen LogP contribution in [-0.4, -0.2) is 24.6 Å². The first kappa shape index (κ1) is 14.7. The van der Waals surface area contributed by atoms with Crippen LogP contribution in [0.25, 0.3) is 0 Å². The molecule has 4 heteroatoms. The van der Waals surface area contributed by atoms with Crippen molar-refractivity contribution in [3.8, 4) is 0 Å². The summed E-state index contributed by atoms with van der Waals surface area (Å²) < 4.78 is 10.5. The van der Waals surface area contributed by atoms with E-state index in [1.54, 1.807) is 0 Å². The van der Waals surface area contributed by atoms with Crippen LogP contribution in [0.4, 0.5) is 0 Å². The van der Waals surface area contributed by atoms with Crippen LogP contribution in [0, 0.1) is 5.41 Å². The van der Waals surface area contributed by atoms with E-state index in [1.807, 2.05) is 20.8 Å². The summed E-state index contributed by atoms with van der Waals surface area (Å²) in [5.41, 5.74) is 2.00. The second kappa shape index (κ2) is 5.55. The number of hydrogen-bond donors (Lipinski definition) is 0. The van der Waals surface area contributed by atoms with E-state index in [0.29, 0.717) is 0 Å². The minimum atomic E-state index is -0.291. The highest BCUT2D eigenvalue weighted by atomic mass is 16.5. The first-order chi connectivity index (χ1) is 8.25. The van der Waals surface area contributed by atoms with Crippen molar-refractivity contribution < 1.29 is 19.1 Å². The van der Waals surface area contributed by atoms with Crippen LogP contribution in [0.15, 0.2) is 11.1 Å². The monoisotopic (exact) mass is 254 g/mol. The Morgan fingerprint density at radius 2 is 1.89 bits per heavy atom. The third-order valence-electron chi connectivity index (χ3n) is 3.61. The zero-order valence-electron chi connectivity index (χ0n) is 11.8. The van der Waals surface area contributed by atoms with Crippen LogP contribution in [0.1, 0.15) is 47.5 Å². The third kappa shape index (κ3) is 3.34. The SMILES string of the molecule is CC(=O)OCC1=C(C)CC[C@@H](OC(C)=O)C1(C)C. The minimum Gasteiger partial charge on any atom is -0.462 e. The van der Waals surface area contributed by atoms with Gasteiger partial charge in [0.25, 0.3) is 0 Å². The Hall–Kier alpha value is -1.32. The first-order valence-corrected chi connectivity index (χ1v) is 6.24. The molecule has 0 aromatic heterocycles. The maximum atomic E-state index is 11.1. The lowest BCUT2D eigenvalue weighted by molar-refractivity contribution is -0.153. The van der Waals surface area contributed by atoms with Gasteiger partial charge in [-0.25, -0.2) is 0 Å². The number of allylic oxidation sites excluding steroid dienone is 1. The molecule has 0 heterocycles. The average molecular weight is 254 g/mol. The maximum Gasteiger partial charge on any atom is 0.302 e. The van der Waals surface area contributed by atoms with Gasteiger partial charge in [0.2, 0.25) is 0 Å². The van der Waals surface area contributed by atoms with E-state index in [4.69, 9.17) is 9.47 Å². The van der Waals surface area contributed by atoms with Crippen LogP contribution in [0.2, 0.25) is 0 Å². The van der Waals surface area contributed by atoms with Gasteiger partial charge in [0.15, 0.2) is 0 Å². The Bertz CT molecular complexity index is 379. The molecule has 18 heavy (non-hydrogen) atoms. The topological polar surface area (TPSA) is 52.6 Å². The second-order valence-corrected chi connectivity index (χ2v) is 5.40. The summed E-state index contributed by atoms with van der Waals surface area (Å²) >= 11 is 0. The van der Waals surface area contributed by atoms with Gasteiger partial charge in [-0.15, -0.1) is 0 Å². The molecule has 0 bridgehead atoms. The van der Waals surface area contributed by atoms with Gasteiger partial charge >= 0.3 is 11.9 Å². The highest BCUT2D eigenvalue weighted by Crippen LogP contribution is 2.42. The molecule has 102 valence electrons. The molecule has 0 N–H and O–H groups in total. The smallest absolute Gasteiger partial charge is 0.302 e. The van der Waals surface area contributed by atoms with E-state index in [-0.39, 0.29) is 30.1 Å². The van der Waals surface area contributed by atoms with E-state index in [0.717, 1.165) is 18.4 Å². The normalized spacial score (nSPS) is 22.6. The van der Waals surface area contributed by atoms with Gasteiger partial charge in [-0.2, -0.15) is 0 Å². The second-order valence-electron chi connectivity index (χ2n) is 5.40. The molecule has 1 aliphatic carbocycles. The minimum absolute atomic E-state index is 0.149. The fourth-order valence-corrected chi connectivity index (χ4v) is 2.49. The van der Waals surface area contributed by atoms with Crippen LogP contribution < -0.4 is 0 Å². The van der Waals surface area contributed by atoms with Gasteiger partial charge in [-0.3, -0.25) is 9.59 Å². The standard InChI is InChI=1S/C14H22O4/c1-9-6-7-13(18-11(3)16)14(4,5)12(9)8-17-10(2)15/h13H,6-8H2,1-5H3/t13-/m1/s1. The Labute approximate surface area is 108 Å². The van der Waals surface area contributed by atoms with Crippen molar-refractivity contribution in [1.82, 2.24) is 0 Å². The lowest BCUT2D eigenvalue weighted by Crippen LogP contribution is -2.40. The van der Waals surface area contributed by atoms with Crippen LogP contribution in [0.5, 0.6) is 0 Å². The van der Waals surface area contributed by atoms with E-state index >= 15 is 0 Å². The van der Waals surface area contributed by atoms with Gasteiger partial charge in [-0.05, 0) is 25.3 Å². The summed E-state index contributed by atoms with van der Waals surface area (Å²) in [6, 6.07) is 0. The quantitative estimate of drug-likeness (QED) is 0.574. The molecule has 0 spiro atoms. The van der Waals surface area contributed by atoms with Gasteiger partial charge in [-0.1, -0.05) is 19.4 Å². The lowest BCUT2D eigenvalue weighted by atomic mass is 9.71. The molecule has 0 amide bonds. The van der Waals surface area contributed by atoms with Gasteiger partial charge in [0, 0.05) is 19.3 Å². The van der Waals surface area contributed by atoms with Gasteiger partial charge in [0.1, 0.15) is 12.7 Å². The predicted molar refractivity (Wildman–Crippen MR) is 67.9 cm³/mol. The average Bonchev–Trinajstić information content (AvgIpc) is 2.21. The van der Waals surface area contributed by atoms with E-state index in [2.05, 4.69) is 0 Å². The molecule has 1 rings (SSSR count). The zero-order chi connectivity index (χ0) is 13.9. The van der Waals surface area contributed by atoms with Crippen LogP contribution >= 0.6 is 0 Å². The highest BCUT2D eigenvalue weighted by Gasteiger charge is 2.39. The largest absolute Gasteiger partial charge is 0.462 e. The molecule has 0 fully saturated rings. The molecular formula is C14H22O4. The Kier molecular flexibility index (Phi) is 4.54. The Morgan fingerprint density at radius 3 is 2.39 bits per heavy atom. The molecule has 0 saturated carbocycles. The first-order valence-electron chi connectivity index (χ1n) is 6.24. The van der Waals surface area contributed by atoms with Gasteiger partial charge in [0.05, 0.1) is 0 Å². The molecular weight excluding hydrogens is 232 g/mol. The molecule has 0 radical (unpaired) electrons. The van der Waals surface area contributed by atoms with E-state index < -0.39 is 0 Å². The summed E-state index contributed by atoms with van der Waals surface area (Å²) in [4.78, 5) is 22.1. The van der Waals surface area contributed by atoms with Crippen molar-refractivity contribution in [2.24, 2.45) is 5.41 Å². The number of esters is 2. The summed E-state index contributed by atoms with van der Waals surface area (Å²) in [5.74, 6) is -0.555. The molecule has 0 aliphatic heterocycles. The Balaban J connectivity index is 2.90. The van der Waals surface area contributed by atoms with Crippen LogP contribution in [-0.2, 0) is 19.1 Å². The number of rotatable bonds is 3. The molecule has 4 nitrogen and oxygen atoms in total. The number of carbonyl (C=O) groups is 2. The fourth-order valence-electron chi connectivity index (χ4n) is 2.49. The lowest BCUT2D eigenvalue weighted by Gasteiger charge is -2.40. The molecule has 0 aromatic carbocycles. The van der Waals surface area contributed by atoms with Crippen molar-refractivity contribution in [2.45, 2.75) is 53.6 Å². The van der Waals surface area contributed by atoms with E-state index in [1.165, 1.54) is 19.4 Å². The summed E-state index contributed by atoms with van der Waals surface area (Å²) in [7, 11) is 0. The zero-order valence-corrected chi connectivity index (χ0v) is 11.8. The number of ether oxygens (including phenoxy) is 2. The van der Waals surface area contributed by atoms with Crippen molar-refractivity contribution >= 4 is 11.9 Å².